The number of ether oxygens (including phenoxy) is 1. The molecule has 1 heterocycles. The molecule has 1 aliphatic heterocycles. The maximum absolute atomic E-state index is 12.3. The van der Waals surface area contributed by atoms with Gasteiger partial charge in [0.1, 0.15) is 11.5 Å². The van der Waals surface area contributed by atoms with Gasteiger partial charge in [-0.05, 0) is 42.9 Å². The molecule has 0 radical (unpaired) electrons. The highest BCUT2D eigenvalue weighted by Gasteiger charge is 2.24. The fourth-order valence-corrected chi connectivity index (χ4v) is 3.39. The van der Waals surface area contributed by atoms with Gasteiger partial charge in [-0.1, -0.05) is 18.6 Å². The van der Waals surface area contributed by atoms with E-state index in [2.05, 4.69) is 12.1 Å². The van der Waals surface area contributed by atoms with E-state index in [0.717, 1.165) is 50.9 Å². The first kappa shape index (κ1) is 13.6. The van der Waals surface area contributed by atoms with Gasteiger partial charge in [-0.3, -0.25) is 4.79 Å². The highest BCUT2D eigenvalue weighted by molar-refractivity contribution is 5.81. The summed E-state index contributed by atoms with van der Waals surface area (Å²) < 4.78 is 5.51. The van der Waals surface area contributed by atoms with Crippen LogP contribution in [0.2, 0.25) is 0 Å². The number of hydrogen-bond acceptors (Lipinski definition) is 3. The third-order valence-corrected chi connectivity index (χ3v) is 4.58. The molecule has 0 spiro atoms. The Balaban J connectivity index is 1.55. The molecule has 2 unspecified atom stereocenters. The van der Waals surface area contributed by atoms with Crippen molar-refractivity contribution >= 4 is 5.78 Å². The van der Waals surface area contributed by atoms with E-state index in [1.807, 2.05) is 6.07 Å². The summed E-state index contributed by atoms with van der Waals surface area (Å²) in [5, 5.41) is 0. The number of carbonyl (C=O) groups excluding carboxylic acids is 1. The van der Waals surface area contributed by atoms with E-state index >= 15 is 0 Å². The molecule has 20 heavy (non-hydrogen) atoms. The van der Waals surface area contributed by atoms with E-state index in [4.69, 9.17) is 10.5 Å². The van der Waals surface area contributed by atoms with Crippen molar-refractivity contribution in [1.82, 2.24) is 0 Å². The summed E-state index contributed by atoms with van der Waals surface area (Å²) in [6.07, 6.45) is 6.59. The topological polar surface area (TPSA) is 52.3 Å². The highest BCUT2D eigenvalue weighted by atomic mass is 16.5. The molecule has 0 aromatic heterocycles. The molecule has 1 aromatic rings. The lowest BCUT2D eigenvalue weighted by atomic mass is 9.82. The van der Waals surface area contributed by atoms with Gasteiger partial charge in [0, 0.05) is 24.8 Å². The Morgan fingerprint density at radius 1 is 1.35 bits per heavy atom. The lowest BCUT2D eigenvalue weighted by molar-refractivity contribution is -0.123. The molecule has 2 aliphatic rings. The molecule has 0 bridgehead atoms. The summed E-state index contributed by atoms with van der Waals surface area (Å²) in [4.78, 5) is 12.3. The highest BCUT2D eigenvalue weighted by Crippen LogP contribution is 2.28. The second-order valence-electron chi connectivity index (χ2n) is 6.13. The first-order chi connectivity index (χ1) is 9.72. The zero-order chi connectivity index (χ0) is 13.9. The normalized spacial score (nSPS) is 25.1. The second-order valence-corrected chi connectivity index (χ2v) is 6.13. The number of ketones is 1. The molecule has 3 heteroatoms. The number of benzene rings is 1. The molecule has 3 rings (SSSR count). The Kier molecular flexibility index (Phi) is 4.06. The van der Waals surface area contributed by atoms with E-state index in [1.54, 1.807) is 0 Å². The number of Topliss-reactive ketones (excluding diaryl/α,β-unsaturated/α-hetero) is 1. The number of aryl methyl sites for hydroxylation is 1. The van der Waals surface area contributed by atoms with Crippen molar-refractivity contribution < 1.29 is 9.53 Å². The van der Waals surface area contributed by atoms with E-state index in [1.165, 1.54) is 11.1 Å². The van der Waals surface area contributed by atoms with Crippen LogP contribution in [0.25, 0.3) is 0 Å². The maximum Gasteiger partial charge on any atom is 0.136 e. The van der Waals surface area contributed by atoms with Gasteiger partial charge < -0.3 is 10.5 Å². The molecule has 1 saturated carbocycles. The smallest absolute Gasteiger partial charge is 0.136 e. The average Bonchev–Trinajstić information content (AvgIpc) is 2.92. The molecule has 2 N–H and O–H groups in total. The minimum absolute atomic E-state index is 0.205. The lowest BCUT2D eigenvalue weighted by Gasteiger charge is -2.25. The molecule has 1 aliphatic carbocycles. The molecular weight excluding hydrogens is 250 g/mol. The summed E-state index contributed by atoms with van der Waals surface area (Å²) in [7, 11) is 0. The molecule has 1 aromatic carbocycles. The van der Waals surface area contributed by atoms with Gasteiger partial charge in [-0.25, -0.2) is 0 Å². The molecular formula is C17H23NO2. The fourth-order valence-electron chi connectivity index (χ4n) is 3.39. The molecule has 108 valence electrons. The van der Waals surface area contributed by atoms with Gasteiger partial charge in [0.2, 0.25) is 0 Å². The lowest BCUT2D eigenvalue weighted by Crippen LogP contribution is -2.31. The third-order valence-electron chi connectivity index (χ3n) is 4.58. The molecule has 2 atom stereocenters. The monoisotopic (exact) mass is 273 g/mol. The predicted molar refractivity (Wildman–Crippen MR) is 78.9 cm³/mol. The van der Waals surface area contributed by atoms with Gasteiger partial charge in [0.15, 0.2) is 0 Å². The average molecular weight is 273 g/mol. The quantitative estimate of drug-likeness (QED) is 0.917. The van der Waals surface area contributed by atoms with E-state index in [-0.39, 0.29) is 12.0 Å². The molecule has 0 amide bonds. The third kappa shape index (κ3) is 3.04. The fraction of sp³-hybridized carbons (Fsp3) is 0.588. The van der Waals surface area contributed by atoms with Gasteiger partial charge in [-0.15, -0.1) is 0 Å². The summed E-state index contributed by atoms with van der Waals surface area (Å²) in [6, 6.07) is 6.56. The van der Waals surface area contributed by atoms with Crippen molar-refractivity contribution in [2.24, 2.45) is 11.7 Å². The van der Waals surface area contributed by atoms with Crippen molar-refractivity contribution in [1.29, 1.82) is 0 Å². The Morgan fingerprint density at radius 2 is 2.25 bits per heavy atom. The van der Waals surface area contributed by atoms with Crippen molar-refractivity contribution in [3.05, 3.63) is 29.3 Å². The summed E-state index contributed by atoms with van der Waals surface area (Å²) >= 11 is 0. The van der Waals surface area contributed by atoms with Crippen LogP contribution in [0.4, 0.5) is 0 Å². The van der Waals surface area contributed by atoms with Crippen LogP contribution < -0.4 is 10.5 Å². The Bertz CT molecular complexity index is 498. The van der Waals surface area contributed by atoms with Crippen LogP contribution >= 0.6 is 0 Å². The summed E-state index contributed by atoms with van der Waals surface area (Å²) in [6.45, 7) is 0.789. The number of hydrogen-bond donors (Lipinski definition) is 1. The van der Waals surface area contributed by atoms with Crippen LogP contribution in [-0.4, -0.2) is 18.4 Å². The molecule has 0 saturated heterocycles. The predicted octanol–water partition coefficient (Wildman–Crippen LogP) is 2.64. The Morgan fingerprint density at radius 3 is 3.10 bits per heavy atom. The van der Waals surface area contributed by atoms with E-state index in [0.29, 0.717) is 12.2 Å². The van der Waals surface area contributed by atoms with Crippen molar-refractivity contribution in [2.75, 3.05) is 6.61 Å². The first-order valence-corrected chi connectivity index (χ1v) is 7.75. The number of carbonyl (C=O) groups is 1. The zero-order valence-electron chi connectivity index (χ0n) is 11.9. The number of nitrogens with two attached hydrogens (primary N) is 1. The summed E-state index contributed by atoms with van der Waals surface area (Å²) in [5.41, 5.74) is 8.50. The van der Waals surface area contributed by atoms with Crippen molar-refractivity contribution in [2.45, 2.75) is 51.0 Å². The van der Waals surface area contributed by atoms with Crippen LogP contribution in [0.5, 0.6) is 5.75 Å². The number of rotatable bonds is 4. The standard InChI is InChI=1S/C17H23NO2/c18-15-3-1-2-13(11-15)16(19)6-4-12-5-7-17-14(10-12)8-9-20-17/h5,7,10,13,15H,1-4,6,8-9,11,18H2. The molecule has 3 nitrogen and oxygen atoms in total. The van der Waals surface area contributed by atoms with Crippen LogP contribution in [0.3, 0.4) is 0 Å². The van der Waals surface area contributed by atoms with Gasteiger partial charge in [-0.2, -0.15) is 0 Å². The Hall–Kier alpha value is -1.35. The first-order valence-electron chi connectivity index (χ1n) is 7.75. The van der Waals surface area contributed by atoms with Gasteiger partial charge in [0.25, 0.3) is 0 Å². The van der Waals surface area contributed by atoms with Crippen LogP contribution in [0, 0.1) is 5.92 Å². The van der Waals surface area contributed by atoms with Crippen LogP contribution in [0.15, 0.2) is 18.2 Å². The van der Waals surface area contributed by atoms with E-state index in [9.17, 15) is 4.79 Å². The van der Waals surface area contributed by atoms with E-state index < -0.39 is 0 Å². The maximum atomic E-state index is 12.3. The molecule has 1 fully saturated rings. The van der Waals surface area contributed by atoms with Crippen LogP contribution in [0.1, 0.15) is 43.2 Å². The van der Waals surface area contributed by atoms with Crippen molar-refractivity contribution in [3.63, 3.8) is 0 Å². The van der Waals surface area contributed by atoms with Crippen molar-refractivity contribution in [3.8, 4) is 5.75 Å². The minimum atomic E-state index is 0.205. The van der Waals surface area contributed by atoms with Gasteiger partial charge in [0.05, 0.1) is 6.61 Å². The Labute approximate surface area is 120 Å². The van der Waals surface area contributed by atoms with Gasteiger partial charge >= 0.3 is 0 Å². The van der Waals surface area contributed by atoms with Crippen LogP contribution in [-0.2, 0) is 17.6 Å². The number of fused-ring (bicyclic) bond motifs is 1. The minimum Gasteiger partial charge on any atom is -0.493 e. The zero-order valence-corrected chi connectivity index (χ0v) is 11.9. The SMILES string of the molecule is NC1CCCC(C(=O)CCc2ccc3c(c2)CCO3)C1. The summed E-state index contributed by atoms with van der Waals surface area (Å²) in [5.74, 6) is 1.62. The second kappa shape index (κ2) is 5.96. The largest absolute Gasteiger partial charge is 0.493 e.